The fourth-order valence-electron chi connectivity index (χ4n) is 2.27. The van der Waals surface area contributed by atoms with Crippen molar-refractivity contribution in [2.45, 2.75) is 46.3 Å². The van der Waals surface area contributed by atoms with Crippen LogP contribution in [0.25, 0.3) is 10.9 Å². The molecule has 0 unspecified atom stereocenters. The molecule has 0 spiro atoms. The van der Waals surface area contributed by atoms with Gasteiger partial charge < -0.3 is 9.30 Å². The van der Waals surface area contributed by atoms with Crippen LogP contribution in [-0.4, -0.2) is 16.1 Å². The maximum atomic E-state index is 11.8. The molecule has 0 atom stereocenters. The second kappa shape index (κ2) is 5.60. The van der Waals surface area contributed by atoms with E-state index in [1.807, 2.05) is 32.9 Å². The summed E-state index contributed by atoms with van der Waals surface area (Å²) in [7, 11) is 0. The molecule has 0 radical (unpaired) electrons. The van der Waals surface area contributed by atoms with Crippen molar-refractivity contribution >= 4 is 32.8 Å². The first-order valence-corrected chi connectivity index (χ1v) is 7.54. The highest BCUT2D eigenvalue weighted by atomic mass is 79.9. The van der Waals surface area contributed by atoms with Gasteiger partial charge in [-0.05, 0) is 49.7 Å². The number of esters is 1. The van der Waals surface area contributed by atoms with Crippen molar-refractivity contribution in [3.63, 3.8) is 0 Å². The number of aryl methyl sites for hydroxylation is 1. The number of hydrogen-bond acceptors (Lipinski definition) is 2. The van der Waals surface area contributed by atoms with Crippen LogP contribution in [0, 0.1) is 6.92 Å². The highest BCUT2D eigenvalue weighted by Crippen LogP contribution is 2.30. The zero-order chi connectivity index (χ0) is 14.9. The lowest BCUT2D eigenvalue weighted by atomic mass is 10.2. The van der Waals surface area contributed by atoms with Gasteiger partial charge >= 0.3 is 5.97 Å². The Morgan fingerprint density at radius 3 is 2.60 bits per heavy atom. The Kier molecular flexibility index (Phi) is 4.23. The van der Waals surface area contributed by atoms with Crippen LogP contribution in [0.1, 0.15) is 32.9 Å². The van der Waals surface area contributed by atoms with Gasteiger partial charge in [-0.2, -0.15) is 0 Å². The molecule has 20 heavy (non-hydrogen) atoms. The third-order valence-electron chi connectivity index (χ3n) is 3.11. The van der Waals surface area contributed by atoms with Crippen molar-refractivity contribution in [2.75, 3.05) is 0 Å². The molecule has 4 heteroatoms. The van der Waals surface area contributed by atoms with Gasteiger partial charge in [0.05, 0.1) is 6.42 Å². The molecule has 2 rings (SSSR count). The Morgan fingerprint density at radius 2 is 1.95 bits per heavy atom. The minimum Gasteiger partial charge on any atom is -0.460 e. The highest BCUT2D eigenvalue weighted by molar-refractivity contribution is 9.10. The normalized spacial score (nSPS) is 11.8. The minimum absolute atomic E-state index is 0.161. The number of aromatic nitrogens is 1. The molecule has 0 saturated carbocycles. The summed E-state index contributed by atoms with van der Waals surface area (Å²) in [5.41, 5.74) is 1.85. The number of nitrogens with zero attached hydrogens (tertiary/aromatic N) is 1. The Bertz CT molecular complexity index is 638. The van der Waals surface area contributed by atoms with E-state index < -0.39 is 5.60 Å². The molecule has 0 aliphatic rings. The minimum atomic E-state index is -0.425. The van der Waals surface area contributed by atoms with Crippen molar-refractivity contribution < 1.29 is 9.53 Å². The molecule has 0 bridgehead atoms. The zero-order valence-electron chi connectivity index (χ0n) is 12.4. The fourth-order valence-corrected chi connectivity index (χ4v) is 2.82. The number of benzene rings is 1. The van der Waals surface area contributed by atoms with Crippen molar-refractivity contribution in [2.24, 2.45) is 0 Å². The molecule has 0 aliphatic heterocycles. The average molecular weight is 338 g/mol. The number of carbonyl (C=O) groups is 1. The van der Waals surface area contributed by atoms with Gasteiger partial charge in [-0.3, -0.25) is 4.79 Å². The Labute approximate surface area is 128 Å². The third kappa shape index (κ3) is 3.23. The maximum Gasteiger partial charge on any atom is 0.308 e. The summed E-state index contributed by atoms with van der Waals surface area (Å²) >= 11 is 3.62. The van der Waals surface area contributed by atoms with E-state index in [1.165, 1.54) is 5.39 Å². The van der Waals surface area contributed by atoms with Gasteiger partial charge in [0.25, 0.3) is 0 Å². The standard InChI is InChI=1S/C16H20BrNO2/c1-11-15(17)12-7-5-6-8-13(12)18(11)10-9-14(19)20-16(2,3)4/h5-8H,9-10H2,1-4H3. The molecule has 0 aliphatic carbocycles. The maximum absolute atomic E-state index is 11.8. The molecule has 0 saturated heterocycles. The van der Waals surface area contributed by atoms with E-state index in [0.29, 0.717) is 13.0 Å². The number of halogens is 1. The van der Waals surface area contributed by atoms with Gasteiger partial charge in [0, 0.05) is 27.6 Å². The van der Waals surface area contributed by atoms with Crippen LogP contribution in [0.3, 0.4) is 0 Å². The van der Waals surface area contributed by atoms with E-state index in [0.717, 1.165) is 15.7 Å². The fraction of sp³-hybridized carbons (Fsp3) is 0.438. The van der Waals surface area contributed by atoms with E-state index in [2.05, 4.69) is 39.6 Å². The Hall–Kier alpha value is -1.29. The van der Waals surface area contributed by atoms with Crippen molar-refractivity contribution in [3.05, 3.63) is 34.4 Å². The highest BCUT2D eigenvalue weighted by Gasteiger charge is 2.17. The molecule has 0 amide bonds. The number of rotatable bonds is 3. The van der Waals surface area contributed by atoms with Gasteiger partial charge in [-0.1, -0.05) is 18.2 Å². The van der Waals surface area contributed by atoms with Crippen LogP contribution in [-0.2, 0) is 16.1 Å². The number of fused-ring (bicyclic) bond motifs is 1. The number of hydrogen-bond donors (Lipinski definition) is 0. The van der Waals surface area contributed by atoms with E-state index in [-0.39, 0.29) is 5.97 Å². The van der Waals surface area contributed by atoms with Crippen LogP contribution in [0.5, 0.6) is 0 Å². The zero-order valence-corrected chi connectivity index (χ0v) is 14.0. The summed E-state index contributed by atoms with van der Waals surface area (Å²) in [6, 6.07) is 8.18. The van der Waals surface area contributed by atoms with Gasteiger partial charge in [0.15, 0.2) is 0 Å². The molecule has 3 nitrogen and oxygen atoms in total. The smallest absolute Gasteiger partial charge is 0.308 e. The Morgan fingerprint density at radius 1 is 1.30 bits per heavy atom. The van der Waals surface area contributed by atoms with Crippen LogP contribution in [0.2, 0.25) is 0 Å². The van der Waals surface area contributed by atoms with Gasteiger partial charge in [-0.25, -0.2) is 0 Å². The lowest BCUT2D eigenvalue weighted by Gasteiger charge is -2.19. The molecule has 0 fully saturated rings. The van der Waals surface area contributed by atoms with Crippen LogP contribution >= 0.6 is 15.9 Å². The van der Waals surface area contributed by atoms with Crippen LogP contribution in [0.4, 0.5) is 0 Å². The monoisotopic (exact) mass is 337 g/mol. The molecule has 2 aromatic rings. The van der Waals surface area contributed by atoms with Crippen molar-refractivity contribution in [3.8, 4) is 0 Å². The Balaban J connectivity index is 2.18. The largest absolute Gasteiger partial charge is 0.460 e. The van der Waals surface area contributed by atoms with Gasteiger partial charge in [-0.15, -0.1) is 0 Å². The predicted octanol–water partition coefficient (Wildman–Crippen LogP) is 4.44. The molecule has 108 valence electrons. The van der Waals surface area contributed by atoms with E-state index in [1.54, 1.807) is 0 Å². The SMILES string of the molecule is Cc1c(Br)c2ccccc2n1CCC(=O)OC(C)(C)C. The summed E-state index contributed by atoms with van der Waals surface area (Å²) in [6.45, 7) is 8.35. The van der Waals surface area contributed by atoms with Crippen molar-refractivity contribution in [1.29, 1.82) is 0 Å². The van der Waals surface area contributed by atoms with Gasteiger partial charge in [0.1, 0.15) is 5.60 Å². The topological polar surface area (TPSA) is 31.2 Å². The number of para-hydroxylation sites is 1. The van der Waals surface area contributed by atoms with Crippen LogP contribution < -0.4 is 0 Å². The first-order valence-electron chi connectivity index (χ1n) is 6.75. The molecule has 1 aromatic carbocycles. The summed E-state index contributed by atoms with van der Waals surface area (Å²) < 4.78 is 8.60. The molecule has 1 aromatic heterocycles. The summed E-state index contributed by atoms with van der Waals surface area (Å²) in [6.07, 6.45) is 0.378. The predicted molar refractivity (Wildman–Crippen MR) is 84.8 cm³/mol. The number of ether oxygens (including phenoxy) is 1. The molecular formula is C16H20BrNO2. The number of carbonyl (C=O) groups excluding carboxylic acids is 1. The second-order valence-electron chi connectivity index (χ2n) is 5.90. The lowest BCUT2D eigenvalue weighted by molar-refractivity contribution is -0.155. The first-order chi connectivity index (χ1) is 9.29. The van der Waals surface area contributed by atoms with Crippen molar-refractivity contribution in [1.82, 2.24) is 4.57 Å². The van der Waals surface area contributed by atoms with E-state index in [4.69, 9.17) is 4.74 Å². The van der Waals surface area contributed by atoms with E-state index in [9.17, 15) is 4.79 Å². The quantitative estimate of drug-likeness (QED) is 0.775. The van der Waals surface area contributed by atoms with Crippen LogP contribution in [0.15, 0.2) is 28.7 Å². The van der Waals surface area contributed by atoms with E-state index >= 15 is 0 Å². The lowest BCUT2D eigenvalue weighted by Crippen LogP contribution is -2.24. The second-order valence-corrected chi connectivity index (χ2v) is 6.70. The summed E-state index contributed by atoms with van der Waals surface area (Å²) in [4.78, 5) is 11.8. The molecule has 1 heterocycles. The summed E-state index contributed by atoms with van der Waals surface area (Å²) in [5, 5.41) is 1.18. The first kappa shape index (κ1) is 15.1. The van der Waals surface area contributed by atoms with Gasteiger partial charge in [0.2, 0.25) is 0 Å². The molecule has 0 N–H and O–H groups in total. The molecular weight excluding hydrogens is 318 g/mol. The third-order valence-corrected chi connectivity index (χ3v) is 4.11. The summed E-state index contributed by atoms with van der Waals surface area (Å²) in [5.74, 6) is -0.161. The average Bonchev–Trinajstić information content (AvgIpc) is 2.59.